The van der Waals surface area contributed by atoms with Crippen molar-refractivity contribution in [3.05, 3.63) is 34.9 Å². The van der Waals surface area contributed by atoms with Crippen molar-refractivity contribution in [2.24, 2.45) is 5.92 Å². The Morgan fingerprint density at radius 1 is 1.15 bits per heavy atom. The van der Waals surface area contributed by atoms with Gasteiger partial charge in [0.25, 0.3) is 0 Å². The van der Waals surface area contributed by atoms with Gasteiger partial charge in [-0.1, -0.05) is 51.2 Å². The number of hydrogen-bond donors (Lipinski definition) is 4. The topological polar surface area (TPSA) is 153 Å². The van der Waals surface area contributed by atoms with Crippen molar-refractivity contribution in [1.29, 1.82) is 0 Å². The largest absolute Gasteiger partial charge is 0.399 e. The van der Waals surface area contributed by atoms with Crippen molar-refractivity contribution in [2.45, 2.75) is 89.4 Å². The zero-order valence-electron chi connectivity index (χ0n) is 23.2. The first-order valence-electron chi connectivity index (χ1n) is 13.6. The lowest BCUT2D eigenvalue weighted by molar-refractivity contribution is -0.136. The van der Waals surface area contributed by atoms with Gasteiger partial charge in [0.05, 0.1) is 0 Å². The summed E-state index contributed by atoms with van der Waals surface area (Å²) in [6.07, 6.45) is 8.24. The Balaban J connectivity index is 2.11. The molecule has 1 aliphatic rings. The zero-order valence-corrected chi connectivity index (χ0v) is 24.1. The van der Waals surface area contributed by atoms with Gasteiger partial charge in [0, 0.05) is 38.1 Å². The molecule has 0 spiro atoms. The van der Waals surface area contributed by atoms with Gasteiger partial charge in [-0.15, -0.1) is 0 Å². The van der Waals surface area contributed by atoms with Gasteiger partial charge < -0.3 is 25.3 Å². The Hall–Kier alpha value is -2.69. The molecule has 13 heteroatoms. The monoisotopic (exact) mass is 587 g/mol. The fraction of sp³-hybridized carbons (Fsp3) is 0.630. The number of nitrogens with zero attached hydrogens (tertiary/aromatic N) is 1. The molecule has 0 aromatic heterocycles. The zero-order chi connectivity index (χ0) is 30.1. The molecule has 0 heterocycles. The van der Waals surface area contributed by atoms with E-state index in [-0.39, 0.29) is 24.2 Å². The van der Waals surface area contributed by atoms with Crippen molar-refractivity contribution in [3.63, 3.8) is 0 Å². The van der Waals surface area contributed by atoms with E-state index in [2.05, 4.69) is 10.6 Å². The fourth-order valence-corrected chi connectivity index (χ4v) is 5.56. The van der Waals surface area contributed by atoms with Gasteiger partial charge in [0.2, 0.25) is 17.7 Å². The van der Waals surface area contributed by atoms with E-state index in [9.17, 15) is 32.5 Å². The molecule has 10 nitrogen and oxygen atoms in total. The number of nitrogens with one attached hydrogen (secondary N) is 2. The molecule has 0 unspecified atom stereocenters. The number of amides is 3. The van der Waals surface area contributed by atoms with Gasteiger partial charge in [-0.3, -0.25) is 23.7 Å². The molecule has 3 amide bonds. The maximum atomic E-state index is 14.2. The molecular weight excluding hydrogens is 547 g/mol. The van der Waals surface area contributed by atoms with E-state index in [1.807, 2.05) is 0 Å². The van der Waals surface area contributed by atoms with Gasteiger partial charge in [0.1, 0.15) is 12.1 Å². The average molecular weight is 588 g/mol. The minimum absolute atomic E-state index is 0.0335. The van der Waals surface area contributed by atoms with Crippen LogP contribution in [0.3, 0.4) is 0 Å². The smallest absolute Gasteiger partial charge is 0.344 e. The van der Waals surface area contributed by atoms with Crippen LogP contribution in [0.1, 0.15) is 86.7 Å². The molecule has 40 heavy (non-hydrogen) atoms. The lowest BCUT2D eigenvalue weighted by Crippen LogP contribution is -2.54. The second-order valence-corrected chi connectivity index (χ2v) is 12.1. The van der Waals surface area contributed by atoms with Crippen molar-refractivity contribution in [1.82, 2.24) is 15.5 Å². The molecule has 2 atom stereocenters. The maximum Gasteiger partial charge on any atom is 0.399 e. The number of carbonyl (C=O) groups is 4. The van der Waals surface area contributed by atoms with Gasteiger partial charge >= 0.3 is 13.3 Å². The highest BCUT2D eigenvalue weighted by molar-refractivity contribution is 7.52. The van der Waals surface area contributed by atoms with Crippen LogP contribution in [0.25, 0.3) is 0 Å². The molecule has 1 fully saturated rings. The van der Waals surface area contributed by atoms with Crippen LogP contribution in [0, 0.1) is 5.92 Å². The third-order valence-electron chi connectivity index (χ3n) is 7.30. The Bertz CT molecular complexity index is 1110. The van der Waals surface area contributed by atoms with E-state index < -0.39 is 48.3 Å². The standard InChI is InChI=1S/C27H40F2N3O7P/c1-4-23(26(36)32(3)14-8-11-19-9-6-5-7-10-19)31-25(35)24(30-18(2)34)16-20-12-13-22(21(15-20)17-33)27(28,29)40(37,38)39/h12-13,15,17,19,23-24H,4-11,14,16H2,1-3H3,(H,30,34)(H,31,35)(H2,37,38,39)/t23-,24-/m0/s1. The molecule has 1 aromatic rings. The lowest BCUT2D eigenvalue weighted by atomic mass is 9.86. The minimum atomic E-state index is -5.91. The fourth-order valence-electron chi connectivity index (χ4n) is 5.04. The lowest BCUT2D eigenvalue weighted by Gasteiger charge is -2.27. The van der Waals surface area contributed by atoms with Crippen molar-refractivity contribution < 1.29 is 42.3 Å². The molecular formula is C27H40F2N3O7P. The predicted molar refractivity (Wildman–Crippen MR) is 145 cm³/mol. The van der Waals surface area contributed by atoms with E-state index in [4.69, 9.17) is 9.79 Å². The number of aldehydes is 1. The van der Waals surface area contributed by atoms with Crippen LogP contribution >= 0.6 is 7.60 Å². The van der Waals surface area contributed by atoms with E-state index >= 15 is 0 Å². The first-order chi connectivity index (χ1) is 18.7. The summed E-state index contributed by atoms with van der Waals surface area (Å²) in [6, 6.07) is 0.733. The average Bonchev–Trinajstić information content (AvgIpc) is 2.90. The van der Waals surface area contributed by atoms with Crippen LogP contribution in [-0.2, 0) is 31.0 Å². The maximum absolute atomic E-state index is 14.2. The number of benzene rings is 1. The molecule has 0 radical (unpaired) electrons. The highest BCUT2D eigenvalue weighted by Gasteiger charge is 2.51. The second-order valence-electron chi connectivity index (χ2n) is 10.5. The third-order valence-corrected chi connectivity index (χ3v) is 8.27. The number of likely N-dealkylation sites (N-methyl/N-ethyl adjacent to an activating group) is 1. The number of rotatable bonds is 14. The van der Waals surface area contributed by atoms with Crippen LogP contribution < -0.4 is 10.6 Å². The van der Waals surface area contributed by atoms with Crippen molar-refractivity contribution in [3.8, 4) is 0 Å². The van der Waals surface area contributed by atoms with Crippen LogP contribution in [0.2, 0.25) is 0 Å². The molecule has 1 aliphatic carbocycles. The number of alkyl halides is 2. The molecule has 0 bridgehead atoms. The molecule has 4 N–H and O–H groups in total. The molecule has 1 saturated carbocycles. The first kappa shape index (κ1) is 33.5. The molecule has 1 aromatic carbocycles. The summed E-state index contributed by atoms with van der Waals surface area (Å²) in [5.41, 5.74) is -6.22. The highest BCUT2D eigenvalue weighted by Crippen LogP contribution is 2.59. The third kappa shape index (κ3) is 9.17. The quantitative estimate of drug-likeness (QED) is 0.192. The van der Waals surface area contributed by atoms with Crippen LogP contribution in [0.5, 0.6) is 0 Å². The Morgan fingerprint density at radius 2 is 1.80 bits per heavy atom. The van der Waals surface area contributed by atoms with E-state index in [1.54, 1.807) is 18.9 Å². The van der Waals surface area contributed by atoms with Gasteiger partial charge in [-0.05, 0) is 36.8 Å². The number of carbonyl (C=O) groups excluding carboxylic acids is 4. The normalized spacial score (nSPS) is 16.1. The summed E-state index contributed by atoms with van der Waals surface area (Å²) in [7, 11) is -4.23. The highest BCUT2D eigenvalue weighted by atomic mass is 31.2. The van der Waals surface area contributed by atoms with E-state index in [0.29, 0.717) is 24.9 Å². The summed E-state index contributed by atoms with van der Waals surface area (Å²) in [5, 5.41) is 5.13. The number of halogens is 2. The minimum Gasteiger partial charge on any atom is -0.344 e. The Morgan fingerprint density at radius 3 is 2.35 bits per heavy atom. The molecule has 224 valence electrons. The summed E-state index contributed by atoms with van der Waals surface area (Å²) in [6.45, 7) is 3.47. The molecule has 2 rings (SSSR count). The molecule has 0 saturated heterocycles. The SMILES string of the molecule is CC[C@H](NC(=O)[C@H](Cc1ccc(C(F)(F)P(=O)(O)O)c(C=O)c1)NC(C)=O)C(=O)N(C)CCCC1CCCCC1. The van der Waals surface area contributed by atoms with Gasteiger partial charge in [-0.25, -0.2) is 0 Å². The summed E-state index contributed by atoms with van der Waals surface area (Å²) >= 11 is 0. The number of hydrogen-bond acceptors (Lipinski definition) is 5. The van der Waals surface area contributed by atoms with Crippen molar-refractivity contribution >= 4 is 31.6 Å². The van der Waals surface area contributed by atoms with Gasteiger partial charge in [-0.2, -0.15) is 8.78 Å². The molecule has 0 aliphatic heterocycles. The van der Waals surface area contributed by atoms with E-state index in [0.717, 1.165) is 25.0 Å². The Kier molecular flexibility index (Phi) is 12.4. The predicted octanol–water partition coefficient (Wildman–Crippen LogP) is 3.49. The van der Waals surface area contributed by atoms with Crippen LogP contribution in [-0.4, -0.2) is 64.4 Å². The summed E-state index contributed by atoms with van der Waals surface area (Å²) < 4.78 is 39.7. The Labute approximate surface area is 233 Å². The van der Waals surface area contributed by atoms with Crippen LogP contribution in [0.15, 0.2) is 18.2 Å². The van der Waals surface area contributed by atoms with E-state index in [1.165, 1.54) is 39.0 Å². The summed E-state index contributed by atoms with van der Waals surface area (Å²) in [5.74, 6) is -0.814. The first-order valence-corrected chi connectivity index (χ1v) is 15.2. The second kappa shape index (κ2) is 14.8. The summed E-state index contributed by atoms with van der Waals surface area (Å²) in [4.78, 5) is 69.1. The van der Waals surface area contributed by atoms with Crippen molar-refractivity contribution in [2.75, 3.05) is 13.6 Å². The van der Waals surface area contributed by atoms with Crippen LogP contribution in [0.4, 0.5) is 8.78 Å². The van der Waals surface area contributed by atoms with Gasteiger partial charge in [0.15, 0.2) is 6.29 Å².